The molecule has 0 amide bonds. The molecule has 0 fully saturated rings. The topological polar surface area (TPSA) is 60.2 Å². The Labute approximate surface area is 101 Å². The van der Waals surface area contributed by atoms with Gasteiger partial charge < -0.3 is 0 Å². The number of para-hydroxylation sites is 1. The van der Waals surface area contributed by atoms with Crippen molar-refractivity contribution in [3.8, 4) is 0 Å². The smallest absolute Gasteiger partial charge is 0.280 e. The Bertz CT molecular complexity index is 379. The molecule has 15 heavy (non-hydrogen) atoms. The van der Waals surface area contributed by atoms with Gasteiger partial charge >= 0.3 is 0 Å². The maximum atomic E-state index is 11.6. The van der Waals surface area contributed by atoms with Crippen LogP contribution in [0.15, 0.2) is 24.3 Å². The number of hydrogen-bond acceptors (Lipinski definition) is 3. The largest absolute Gasteiger partial charge is 0.294 e. The van der Waals surface area contributed by atoms with Gasteiger partial charge in [0.05, 0.1) is 10.5 Å². The first-order valence-corrected chi connectivity index (χ1v) is 6.02. The first-order valence-electron chi connectivity index (χ1n) is 4.49. The van der Waals surface area contributed by atoms with Gasteiger partial charge in [-0.25, -0.2) is 0 Å². The maximum Gasteiger partial charge on any atom is 0.280 e. The average Bonchev–Trinajstić information content (AvgIpc) is 2.25. The van der Waals surface area contributed by atoms with Crippen LogP contribution in [0, 0.1) is 10.1 Å². The fraction of sp³-hybridized carbons (Fsp3) is 0.300. The van der Waals surface area contributed by atoms with Gasteiger partial charge in [-0.2, -0.15) is 0 Å². The highest BCUT2D eigenvalue weighted by Gasteiger charge is 2.17. The molecular formula is C10H10INO3. The molecule has 0 saturated heterocycles. The van der Waals surface area contributed by atoms with Crippen molar-refractivity contribution in [2.75, 3.05) is 4.43 Å². The van der Waals surface area contributed by atoms with Crippen LogP contribution in [0.2, 0.25) is 0 Å². The van der Waals surface area contributed by atoms with E-state index in [9.17, 15) is 14.9 Å². The summed E-state index contributed by atoms with van der Waals surface area (Å²) >= 11 is 2.18. The number of carbonyl (C=O) groups is 1. The summed E-state index contributed by atoms with van der Waals surface area (Å²) in [7, 11) is 0. The highest BCUT2D eigenvalue weighted by Crippen LogP contribution is 2.19. The number of alkyl halides is 1. The molecule has 0 bridgehead atoms. The summed E-state index contributed by atoms with van der Waals surface area (Å²) in [5.41, 5.74) is 0.114. The number of nitrogens with zero attached hydrogens (tertiary/aromatic N) is 1. The van der Waals surface area contributed by atoms with E-state index in [0.29, 0.717) is 6.42 Å². The van der Waals surface area contributed by atoms with Crippen LogP contribution in [0.4, 0.5) is 5.69 Å². The van der Waals surface area contributed by atoms with Crippen molar-refractivity contribution in [3.05, 3.63) is 39.9 Å². The van der Waals surface area contributed by atoms with Crippen LogP contribution in [-0.4, -0.2) is 15.1 Å². The Kier molecular flexibility index (Phi) is 4.67. The number of halogens is 1. The second-order valence-corrected chi connectivity index (χ2v) is 4.07. The van der Waals surface area contributed by atoms with Gasteiger partial charge in [0, 0.05) is 12.5 Å². The minimum Gasteiger partial charge on any atom is -0.294 e. The summed E-state index contributed by atoms with van der Waals surface area (Å²) in [6.07, 6.45) is 1.12. The summed E-state index contributed by atoms with van der Waals surface area (Å²) in [6, 6.07) is 6.07. The predicted octanol–water partition coefficient (Wildman–Crippen LogP) is 2.99. The van der Waals surface area contributed by atoms with E-state index in [1.807, 2.05) is 0 Å². The minimum absolute atomic E-state index is 0.101. The van der Waals surface area contributed by atoms with Crippen molar-refractivity contribution in [2.24, 2.45) is 0 Å². The number of nitro groups is 1. The molecule has 1 rings (SSSR count). The molecule has 5 heteroatoms. The van der Waals surface area contributed by atoms with Gasteiger partial charge in [-0.1, -0.05) is 34.7 Å². The highest BCUT2D eigenvalue weighted by molar-refractivity contribution is 14.1. The summed E-state index contributed by atoms with van der Waals surface area (Å²) in [6.45, 7) is 0. The number of hydrogen-bond donors (Lipinski definition) is 0. The van der Waals surface area contributed by atoms with Crippen LogP contribution in [0.25, 0.3) is 0 Å². The molecule has 0 aliphatic rings. The van der Waals surface area contributed by atoms with E-state index in [-0.39, 0.29) is 17.0 Å². The Hall–Kier alpha value is -0.980. The molecule has 4 nitrogen and oxygen atoms in total. The Morgan fingerprint density at radius 2 is 2.07 bits per heavy atom. The fourth-order valence-electron chi connectivity index (χ4n) is 1.23. The van der Waals surface area contributed by atoms with Gasteiger partial charge in [0.2, 0.25) is 0 Å². The monoisotopic (exact) mass is 319 g/mol. The van der Waals surface area contributed by atoms with E-state index in [0.717, 1.165) is 10.8 Å². The quantitative estimate of drug-likeness (QED) is 0.276. The van der Waals surface area contributed by atoms with Crippen LogP contribution in [0.5, 0.6) is 0 Å². The lowest BCUT2D eigenvalue weighted by atomic mass is 10.1. The lowest BCUT2D eigenvalue weighted by Gasteiger charge is -2.00. The maximum absolute atomic E-state index is 11.6. The first kappa shape index (κ1) is 12.1. The van der Waals surface area contributed by atoms with Gasteiger partial charge in [0.15, 0.2) is 5.78 Å². The van der Waals surface area contributed by atoms with E-state index in [1.54, 1.807) is 12.1 Å². The summed E-state index contributed by atoms with van der Waals surface area (Å²) in [4.78, 5) is 21.8. The average molecular weight is 319 g/mol. The third-order valence-corrected chi connectivity index (χ3v) is 2.70. The number of ketones is 1. The third kappa shape index (κ3) is 3.26. The molecule has 0 unspecified atom stereocenters. The van der Waals surface area contributed by atoms with Gasteiger partial charge in [0.1, 0.15) is 0 Å². The standard InChI is InChI=1S/C10H10INO3/c11-7-3-6-10(13)8-4-1-2-5-9(8)12(14)15/h1-2,4-5H,3,6-7H2. The van der Waals surface area contributed by atoms with Gasteiger partial charge in [-0.3, -0.25) is 14.9 Å². The van der Waals surface area contributed by atoms with Gasteiger partial charge in [0.25, 0.3) is 5.69 Å². The number of nitro benzene ring substituents is 1. The summed E-state index contributed by atoms with van der Waals surface area (Å²) in [5.74, 6) is -0.154. The lowest BCUT2D eigenvalue weighted by Crippen LogP contribution is -2.03. The SMILES string of the molecule is O=C(CCCI)c1ccccc1[N+](=O)[O-]. The van der Waals surface area contributed by atoms with Gasteiger partial charge in [-0.15, -0.1) is 0 Å². The molecule has 80 valence electrons. The first-order chi connectivity index (χ1) is 7.16. The van der Waals surface area contributed by atoms with Crippen LogP contribution in [-0.2, 0) is 0 Å². The van der Waals surface area contributed by atoms with E-state index in [4.69, 9.17) is 0 Å². The van der Waals surface area contributed by atoms with Crippen molar-refractivity contribution < 1.29 is 9.72 Å². The molecule has 0 aliphatic heterocycles. The van der Waals surface area contributed by atoms with Crippen LogP contribution in [0.3, 0.4) is 0 Å². The van der Waals surface area contributed by atoms with E-state index in [2.05, 4.69) is 22.6 Å². The predicted molar refractivity (Wildman–Crippen MR) is 65.5 cm³/mol. The molecule has 0 aromatic heterocycles. The third-order valence-electron chi connectivity index (χ3n) is 1.94. The van der Waals surface area contributed by atoms with Crippen LogP contribution in [0.1, 0.15) is 23.2 Å². The van der Waals surface area contributed by atoms with Crippen LogP contribution >= 0.6 is 22.6 Å². The molecule has 0 radical (unpaired) electrons. The fourth-order valence-corrected chi connectivity index (χ4v) is 1.61. The van der Waals surface area contributed by atoms with E-state index < -0.39 is 4.92 Å². The van der Waals surface area contributed by atoms with E-state index in [1.165, 1.54) is 12.1 Å². The molecule has 0 atom stereocenters. The zero-order valence-corrected chi connectivity index (χ0v) is 10.1. The normalized spacial score (nSPS) is 9.93. The number of Topliss-reactive ketones (excluding diaryl/α,β-unsaturated/α-hetero) is 1. The van der Waals surface area contributed by atoms with Crippen LogP contribution < -0.4 is 0 Å². The summed E-state index contributed by atoms with van der Waals surface area (Å²) < 4.78 is 0.879. The Morgan fingerprint density at radius 3 is 2.67 bits per heavy atom. The molecular weight excluding hydrogens is 309 g/mol. The second kappa shape index (κ2) is 5.79. The lowest BCUT2D eigenvalue weighted by molar-refractivity contribution is -0.385. The second-order valence-electron chi connectivity index (χ2n) is 2.99. The van der Waals surface area contributed by atoms with Crippen molar-refractivity contribution in [2.45, 2.75) is 12.8 Å². The molecule has 0 N–H and O–H groups in total. The Balaban J connectivity index is 2.92. The zero-order chi connectivity index (χ0) is 11.3. The van der Waals surface area contributed by atoms with Crippen molar-refractivity contribution in [1.29, 1.82) is 0 Å². The zero-order valence-electron chi connectivity index (χ0n) is 7.98. The molecule has 0 aliphatic carbocycles. The van der Waals surface area contributed by atoms with Crippen molar-refractivity contribution >= 4 is 34.1 Å². The van der Waals surface area contributed by atoms with Crippen molar-refractivity contribution in [1.82, 2.24) is 0 Å². The molecule has 1 aromatic carbocycles. The number of rotatable bonds is 5. The molecule has 0 spiro atoms. The molecule has 1 aromatic rings. The van der Waals surface area contributed by atoms with E-state index >= 15 is 0 Å². The highest BCUT2D eigenvalue weighted by atomic mass is 127. The molecule has 0 heterocycles. The van der Waals surface area contributed by atoms with Gasteiger partial charge in [-0.05, 0) is 16.9 Å². The minimum atomic E-state index is -0.517. The number of benzene rings is 1. The Morgan fingerprint density at radius 1 is 1.40 bits per heavy atom. The number of carbonyl (C=O) groups excluding carboxylic acids is 1. The van der Waals surface area contributed by atoms with Crippen molar-refractivity contribution in [3.63, 3.8) is 0 Å². The molecule has 0 saturated carbocycles. The summed E-state index contributed by atoms with van der Waals surface area (Å²) in [5, 5.41) is 10.7.